The number of benzene rings is 2. The van der Waals surface area contributed by atoms with Gasteiger partial charge in [0.25, 0.3) is 0 Å². The summed E-state index contributed by atoms with van der Waals surface area (Å²) in [6.45, 7) is 8.95. The zero-order valence-corrected chi connectivity index (χ0v) is 23.2. The zero-order chi connectivity index (χ0) is 25.5. The number of halogens is 1. The molecule has 3 rings (SSSR count). The van der Waals surface area contributed by atoms with Crippen molar-refractivity contribution in [3.63, 3.8) is 0 Å². The van der Waals surface area contributed by atoms with Gasteiger partial charge in [-0.15, -0.1) is 0 Å². The fraction of sp³-hybridized carbons (Fsp3) is 0.500. The molecule has 192 valence electrons. The predicted molar refractivity (Wildman–Crippen MR) is 146 cm³/mol. The molecule has 0 amide bonds. The van der Waals surface area contributed by atoms with Crippen LogP contribution in [0.5, 0.6) is 5.75 Å². The molecule has 2 atom stereocenters. The summed E-state index contributed by atoms with van der Waals surface area (Å²) in [5.74, 6) is 0.326. The number of fused-ring (bicyclic) bond motifs is 2. The van der Waals surface area contributed by atoms with Crippen molar-refractivity contribution in [3.8, 4) is 5.75 Å². The second-order valence-electron chi connectivity index (χ2n) is 9.14. The fourth-order valence-corrected chi connectivity index (χ4v) is 6.62. The van der Waals surface area contributed by atoms with Crippen LogP contribution in [0.4, 0.5) is 5.69 Å². The number of methoxy groups -OCH3 is 1. The second-order valence-corrected chi connectivity index (χ2v) is 11.4. The van der Waals surface area contributed by atoms with Gasteiger partial charge in [-0.25, -0.2) is 19.4 Å². The number of ether oxygens (including phenoxy) is 1. The van der Waals surface area contributed by atoms with Crippen molar-refractivity contribution >= 4 is 47.0 Å². The summed E-state index contributed by atoms with van der Waals surface area (Å²) in [5.41, 5.74) is 2.65. The molecule has 0 aliphatic heterocycles. The average molecular weight is 522 g/mol. The number of nitrogens with zero attached hydrogens (tertiary/aromatic N) is 2. The van der Waals surface area contributed by atoms with E-state index in [0.29, 0.717) is 11.4 Å². The van der Waals surface area contributed by atoms with Crippen molar-refractivity contribution in [1.82, 2.24) is 9.65 Å². The Balaban J connectivity index is 1.69. The normalized spacial score (nSPS) is 13.8. The van der Waals surface area contributed by atoms with Gasteiger partial charge in [0.1, 0.15) is 5.75 Å². The second kappa shape index (κ2) is 12.9. The minimum Gasteiger partial charge on any atom is -0.495 e. The van der Waals surface area contributed by atoms with E-state index in [4.69, 9.17) is 31.1 Å². The van der Waals surface area contributed by atoms with E-state index in [1.54, 1.807) is 7.11 Å². The molecule has 1 aromatic heterocycles. The van der Waals surface area contributed by atoms with Crippen LogP contribution in [0.15, 0.2) is 36.4 Å². The lowest BCUT2D eigenvalue weighted by Crippen LogP contribution is -2.33. The van der Waals surface area contributed by atoms with Crippen LogP contribution in [-0.4, -0.2) is 48.3 Å². The number of unbranched alkanes of at least 4 members (excludes halogenated alkanes) is 1. The van der Waals surface area contributed by atoms with E-state index in [1.165, 1.54) is 7.11 Å². The highest BCUT2D eigenvalue weighted by atomic mass is 35.5. The smallest absolute Gasteiger partial charge is 0.170 e. The van der Waals surface area contributed by atoms with Crippen LogP contribution in [0.1, 0.15) is 47.0 Å². The summed E-state index contributed by atoms with van der Waals surface area (Å²) < 4.78 is 20.9. The van der Waals surface area contributed by atoms with E-state index in [2.05, 4.69) is 39.1 Å². The summed E-state index contributed by atoms with van der Waals surface area (Å²) in [6, 6.07) is 12.1. The van der Waals surface area contributed by atoms with Crippen molar-refractivity contribution in [2.75, 3.05) is 26.1 Å². The molecule has 9 heteroatoms. The first-order valence-electron chi connectivity index (χ1n) is 12.1. The Labute approximate surface area is 213 Å². The minimum atomic E-state index is -2.15. The van der Waals surface area contributed by atoms with Crippen LogP contribution in [0.25, 0.3) is 21.8 Å². The molecule has 0 fully saturated rings. The summed E-state index contributed by atoms with van der Waals surface area (Å²) >= 11 is 6.15. The number of pyridine rings is 1. The van der Waals surface area contributed by atoms with Crippen molar-refractivity contribution < 1.29 is 19.1 Å². The molecule has 0 spiro atoms. The van der Waals surface area contributed by atoms with Gasteiger partial charge < -0.3 is 14.6 Å². The molecule has 1 heterocycles. The van der Waals surface area contributed by atoms with Gasteiger partial charge in [0.15, 0.2) is 13.8 Å². The van der Waals surface area contributed by atoms with Gasteiger partial charge in [0.2, 0.25) is 0 Å². The number of nitrogens with one attached hydrogen (secondary N) is 1. The lowest BCUT2D eigenvalue weighted by Gasteiger charge is -2.32. The monoisotopic (exact) mass is 521 g/mol. The van der Waals surface area contributed by atoms with E-state index in [0.717, 1.165) is 52.6 Å². The number of aromatic nitrogens is 1. The van der Waals surface area contributed by atoms with Crippen molar-refractivity contribution in [3.05, 3.63) is 41.4 Å². The SMILES string of the molecule is COOC(CCCCNc1c(OC)ccc2nc3cc(Cl)ccc3cc12)[PH](=O)N(C(C)C)C(C)C. The Morgan fingerprint density at radius 2 is 1.77 bits per heavy atom. The standard InChI is InChI=1S/C26H37ClN3O4P/c1-17(2)30(18(3)4)35(31)25(34-33-6)9-7-8-14-28-26-21-15-19-10-11-20(27)16-23(19)29-22(21)12-13-24(26)32-5/h10-13,15-18,25,28,35H,7-9,14H2,1-6H3. The third-order valence-electron chi connectivity index (χ3n) is 5.99. The largest absolute Gasteiger partial charge is 0.495 e. The van der Waals surface area contributed by atoms with Gasteiger partial charge in [-0.1, -0.05) is 17.7 Å². The number of rotatable bonds is 13. The highest BCUT2D eigenvalue weighted by Crippen LogP contribution is 2.40. The Morgan fingerprint density at radius 3 is 2.43 bits per heavy atom. The molecule has 0 radical (unpaired) electrons. The molecule has 3 aromatic rings. The maximum atomic E-state index is 13.2. The van der Waals surface area contributed by atoms with E-state index in [-0.39, 0.29) is 12.1 Å². The molecule has 1 N–H and O–H groups in total. The van der Waals surface area contributed by atoms with Gasteiger partial charge in [0.05, 0.1) is 30.9 Å². The van der Waals surface area contributed by atoms with Crippen LogP contribution in [-0.2, 0) is 14.3 Å². The summed E-state index contributed by atoms with van der Waals surface area (Å²) in [5, 5.41) is 6.21. The van der Waals surface area contributed by atoms with Gasteiger partial charge in [-0.3, -0.25) is 0 Å². The zero-order valence-electron chi connectivity index (χ0n) is 21.4. The maximum absolute atomic E-state index is 13.2. The van der Waals surface area contributed by atoms with E-state index in [9.17, 15) is 4.57 Å². The molecule has 0 saturated heterocycles. The van der Waals surface area contributed by atoms with Crippen LogP contribution in [0.3, 0.4) is 0 Å². The lowest BCUT2D eigenvalue weighted by molar-refractivity contribution is -0.286. The first-order chi connectivity index (χ1) is 16.8. The quantitative estimate of drug-likeness (QED) is 0.0842. The van der Waals surface area contributed by atoms with Gasteiger partial charge in [-0.2, -0.15) is 0 Å². The van der Waals surface area contributed by atoms with Crippen LogP contribution in [0.2, 0.25) is 5.02 Å². The van der Waals surface area contributed by atoms with Crippen molar-refractivity contribution in [2.24, 2.45) is 0 Å². The Hall–Kier alpha value is -1.89. The third-order valence-corrected chi connectivity index (χ3v) is 8.70. The Kier molecular flexibility index (Phi) is 10.2. The molecule has 0 bridgehead atoms. The Morgan fingerprint density at radius 1 is 1.03 bits per heavy atom. The number of hydrogen-bond acceptors (Lipinski definition) is 6. The number of anilines is 1. The molecule has 7 nitrogen and oxygen atoms in total. The predicted octanol–water partition coefficient (Wildman–Crippen LogP) is 7.13. The summed E-state index contributed by atoms with van der Waals surface area (Å²) in [7, 11) is 0.985. The molecule has 0 saturated carbocycles. The van der Waals surface area contributed by atoms with E-state index >= 15 is 0 Å². The lowest BCUT2D eigenvalue weighted by atomic mass is 10.1. The minimum absolute atomic E-state index is 0.172. The van der Waals surface area contributed by atoms with Crippen LogP contribution < -0.4 is 10.1 Å². The first kappa shape index (κ1) is 27.7. The number of hydrogen-bond donors (Lipinski definition) is 1. The summed E-state index contributed by atoms with van der Waals surface area (Å²) in [6.07, 6.45) is 2.37. The van der Waals surface area contributed by atoms with E-state index in [1.807, 2.05) is 35.0 Å². The van der Waals surface area contributed by atoms with Crippen LogP contribution >= 0.6 is 19.6 Å². The highest BCUT2D eigenvalue weighted by molar-refractivity contribution is 7.42. The molecule has 0 aliphatic carbocycles. The van der Waals surface area contributed by atoms with Gasteiger partial charge >= 0.3 is 0 Å². The van der Waals surface area contributed by atoms with Gasteiger partial charge in [-0.05, 0) is 77.3 Å². The first-order valence-corrected chi connectivity index (χ1v) is 13.9. The average Bonchev–Trinajstić information content (AvgIpc) is 2.81. The highest BCUT2D eigenvalue weighted by Gasteiger charge is 2.28. The van der Waals surface area contributed by atoms with E-state index < -0.39 is 13.8 Å². The third kappa shape index (κ3) is 6.87. The maximum Gasteiger partial charge on any atom is 0.170 e. The van der Waals surface area contributed by atoms with Crippen molar-refractivity contribution in [1.29, 1.82) is 0 Å². The summed E-state index contributed by atoms with van der Waals surface area (Å²) in [4.78, 5) is 15.1. The molecular formula is C26H37ClN3O4P. The fourth-order valence-electron chi connectivity index (χ4n) is 4.47. The van der Waals surface area contributed by atoms with Crippen LogP contribution in [0, 0.1) is 0 Å². The van der Waals surface area contributed by atoms with Gasteiger partial charge in [0, 0.05) is 34.4 Å². The molecule has 0 aliphatic rings. The van der Waals surface area contributed by atoms with Crippen molar-refractivity contribution in [2.45, 2.75) is 64.9 Å². The molecule has 35 heavy (non-hydrogen) atoms. The topological polar surface area (TPSA) is 72.9 Å². The Bertz CT molecular complexity index is 1150. The molecule has 2 aromatic carbocycles. The molecule has 2 unspecified atom stereocenters. The molecular weight excluding hydrogens is 485 g/mol.